The van der Waals surface area contributed by atoms with E-state index in [-0.39, 0.29) is 18.2 Å². The highest BCUT2D eigenvalue weighted by molar-refractivity contribution is 5.85. The molecule has 19 heavy (non-hydrogen) atoms. The number of carbonyl (C=O) groups excluding carboxylic acids is 1. The zero-order chi connectivity index (χ0) is 13.4. The number of benzene rings is 1. The molecule has 1 aromatic heterocycles. The van der Waals surface area contributed by atoms with Gasteiger partial charge < -0.3 is 15.0 Å². The summed E-state index contributed by atoms with van der Waals surface area (Å²) in [6.07, 6.45) is 1.30. The number of para-hydroxylation sites is 1. The highest BCUT2D eigenvalue weighted by atomic mass is 16.6. The van der Waals surface area contributed by atoms with Crippen molar-refractivity contribution in [3.05, 3.63) is 35.5 Å². The number of amides is 1. The van der Waals surface area contributed by atoms with E-state index in [4.69, 9.17) is 4.74 Å². The molecule has 4 nitrogen and oxygen atoms in total. The predicted molar refractivity (Wildman–Crippen MR) is 74.2 cm³/mol. The van der Waals surface area contributed by atoms with Crippen LogP contribution in [0.1, 0.15) is 25.1 Å². The Morgan fingerprint density at radius 1 is 1.37 bits per heavy atom. The molecule has 0 radical (unpaired) electrons. The summed E-state index contributed by atoms with van der Waals surface area (Å²) in [5.74, 6) is 0. The Hall–Kier alpha value is -1.97. The smallest absolute Gasteiger partial charge is 0.407 e. The molecule has 2 aromatic rings. The first-order valence-corrected chi connectivity index (χ1v) is 6.69. The number of alkyl carbamates (subject to hydrolysis) is 1. The maximum absolute atomic E-state index is 11.6. The molecule has 3 rings (SSSR count). The molecule has 1 heterocycles. The van der Waals surface area contributed by atoms with Crippen molar-refractivity contribution in [2.24, 2.45) is 0 Å². The number of hydrogen-bond acceptors (Lipinski definition) is 2. The number of H-pyrrole nitrogens is 1. The maximum atomic E-state index is 11.6. The van der Waals surface area contributed by atoms with Crippen LogP contribution in [0.3, 0.4) is 0 Å². The molecule has 1 atom stereocenters. The molecule has 0 fully saturated rings. The molecule has 1 aromatic carbocycles. The SMILES string of the molecule is CC(C)OC(=O)NC1Cc2[nH]c3ccccc3c2C1. The van der Waals surface area contributed by atoms with Crippen molar-refractivity contribution >= 4 is 17.0 Å². The lowest BCUT2D eigenvalue weighted by Crippen LogP contribution is -2.37. The summed E-state index contributed by atoms with van der Waals surface area (Å²) < 4.78 is 5.11. The molecule has 0 bridgehead atoms. The zero-order valence-electron chi connectivity index (χ0n) is 11.2. The lowest BCUT2D eigenvalue weighted by molar-refractivity contribution is 0.112. The minimum atomic E-state index is -0.325. The maximum Gasteiger partial charge on any atom is 0.407 e. The van der Waals surface area contributed by atoms with Gasteiger partial charge in [-0.2, -0.15) is 0 Å². The van der Waals surface area contributed by atoms with Crippen molar-refractivity contribution in [1.29, 1.82) is 0 Å². The number of nitrogens with one attached hydrogen (secondary N) is 2. The van der Waals surface area contributed by atoms with Gasteiger partial charge in [0.15, 0.2) is 0 Å². The number of fused-ring (bicyclic) bond motifs is 3. The van der Waals surface area contributed by atoms with E-state index in [2.05, 4.69) is 22.4 Å². The Bertz CT molecular complexity index is 616. The Balaban J connectivity index is 1.72. The molecule has 1 unspecified atom stereocenters. The Morgan fingerprint density at radius 3 is 2.95 bits per heavy atom. The largest absolute Gasteiger partial charge is 0.447 e. The Morgan fingerprint density at radius 2 is 2.16 bits per heavy atom. The third-order valence-electron chi connectivity index (χ3n) is 3.47. The fraction of sp³-hybridized carbons (Fsp3) is 0.400. The molecule has 0 saturated carbocycles. The van der Waals surface area contributed by atoms with Gasteiger partial charge in [-0.05, 0) is 31.9 Å². The average Bonchev–Trinajstić information content (AvgIpc) is 2.84. The highest BCUT2D eigenvalue weighted by Crippen LogP contribution is 2.29. The van der Waals surface area contributed by atoms with Crippen molar-refractivity contribution in [3.63, 3.8) is 0 Å². The molecule has 100 valence electrons. The van der Waals surface area contributed by atoms with Crippen LogP contribution in [0, 0.1) is 0 Å². The van der Waals surface area contributed by atoms with Gasteiger partial charge in [0, 0.05) is 29.1 Å². The van der Waals surface area contributed by atoms with Crippen LogP contribution in [0.4, 0.5) is 4.79 Å². The highest BCUT2D eigenvalue weighted by Gasteiger charge is 2.26. The summed E-state index contributed by atoms with van der Waals surface area (Å²) in [4.78, 5) is 15.0. The zero-order valence-corrected chi connectivity index (χ0v) is 11.2. The van der Waals surface area contributed by atoms with Gasteiger partial charge in [-0.3, -0.25) is 0 Å². The van der Waals surface area contributed by atoms with E-state index in [0.717, 1.165) is 12.8 Å². The quantitative estimate of drug-likeness (QED) is 0.870. The monoisotopic (exact) mass is 258 g/mol. The second-order valence-corrected chi connectivity index (χ2v) is 5.33. The fourth-order valence-corrected chi connectivity index (χ4v) is 2.75. The Kier molecular flexibility index (Phi) is 2.93. The normalized spacial score (nSPS) is 17.7. The summed E-state index contributed by atoms with van der Waals surface area (Å²) in [5, 5.41) is 4.19. The lowest BCUT2D eigenvalue weighted by Gasteiger charge is -2.14. The minimum Gasteiger partial charge on any atom is -0.447 e. The van der Waals surface area contributed by atoms with Crippen LogP contribution in [0.5, 0.6) is 0 Å². The van der Waals surface area contributed by atoms with Crippen LogP contribution in [0.2, 0.25) is 0 Å². The minimum absolute atomic E-state index is 0.0833. The van der Waals surface area contributed by atoms with Gasteiger partial charge in [0.1, 0.15) is 0 Å². The third kappa shape index (κ3) is 2.30. The number of aromatic nitrogens is 1. The first-order valence-electron chi connectivity index (χ1n) is 6.69. The standard InChI is InChI=1S/C15H18N2O2/c1-9(2)19-15(18)16-10-7-12-11-5-3-4-6-13(11)17-14(12)8-10/h3-6,9-10,17H,7-8H2,1-2H3,(H,16,18). The summed E-state index contributed by atoms with van der Waals surface area (Å²) in [6.45, 7) is 3.70. The summed E-state index contributed by atoms with van der Waals surface area (Å²) in [6, 6.07) is 8.42. The van der Waals surface area contributed by atoms with Crippen molar-refractivity contribution in [2.45, 2.75) is 38.8 Å². The number of aromatic amines is 1. The number of hydrogen-bond donors (Lipinski definition) is 2. The van der Waals surface area contributed by atoms with Crippen LogP contribution in [0.15, 0.2) is 24.3 Å². The first kappa shape index (κ1) is 12.1. The van der Waals surface area contributed by atoms with Gasteiger partial charge in [-0.1, -0.05) is 18.2 Å². The van der Waals surface area contributed by atoms with Crippen LogP contribution < -0.4 is 5.32 Å². The van der Waals surface area contributed by atoms with Gasteiger partial charge in [-0.25, -0.2) is 4.79 Å². The van der Waals surface area contributed by atoms with Crippen molar-refractivity contribution < 1.29 is 9.53 Å². The van der Waals surface area contributed by atoms with Crippen LogP contribution >= 0.6 is 0 Å². The summed E-state index contributed by atoms with van der Waals surface area (Å²) >= 11 is 0. The van der Waals surface area contributed by atoms with Crippen LogP contribution in [-0.4, -0.2) is 23.2 Å². The van der Waals surface area contributed by atoms with E-state index in [1.165, 1.54) is 22.2 Å². The molecule has 0 aliphatic heterocycles. The van der Waals surface area contributed by atoms with Crippen LogP contribution in [0.25, 0.3) is 10.9 Å². The van der Waals surface area contributed by atoms with E-state index in [9.17, 15) is 4.79 Å². The summed E-state index contributed by atoms with van der Waals surface area (Å²) in [7, 11) is 0. The van der Waals surface area contributed by atoms with Crippen molar-refractivity contribution in [2.75, 3.05) is 0 Å². The van der Waals surface area contributed by atoms with Gasteiger partial charge in [0.05, 0.1) is 6.10 Å². The third-order valence-corrected chi connectivity index (χ3v) is 3.47. The Labute approximate surface area is 112 Å². The van der Waals surface area contributed by atoms with Gasteiger partial charge in [-0.15, -0.1) is 0 Å². The van der Waals surface area contributed by atoms with E-state index in [0.29, 0.717) is 0 Å². The van der Waals surface area contributed by atoms with Gasteiger partial charge in [0.25, 0.3) is 0 Å². The predicted octanol–water partition coefficient (Wildman–Crippen LogP) is 2.77. The second-order valence-electron chi connectivity index (χ2n) is 5.33. The van der Waals surface area contributed by atoms with Crippen molar-refractivity contribution in [1.82, 2.24) is 10.3 Å². The molecule has 1 aliphatic rings. The molecule has 1 amide bonds. The van der Waals surface area contributed by atoms with E-state index in [1.54, 1.807) is 0 Å². The molecule has 4 heteroatoms. The lowest BCUT2D eigenvalue weighted by atomic mass is 10.1. The second kappa shape index (κ2) is 4.61. The molecule has 2 N–H and O–H groups in total. The summed E-state index contributed by atoms with van der Waals surface area (Å²) in [5.41, 5.74) is 3.73. The van der Waals surface area contributed by atoms with Gasteiger partial charge >= 0.3 is 6.09 Å². The van der Waals surface area contributed by atoms with E-state index in [1.807, 2.05) is 26.0 Å². The van der Waals surface area contributed by atoms with Crippen LogP contribution in [-0.2, 0) is 17.6 Å². The van der Waals surface area contributed by atoms with E-state index < -0.39 is 0 Å². The first-order chi connectivity index (χ1) is 9.13. The molecular weight excluding hydrogens is 240 g/mol. The topological polar surface area (TPSA) is 54.1 Å². The number of rotatable bonds is 2. The van der Waals surface area contributed by atoms with Crippen molar-refractivity contribution in [3.8, 4) is 0 Å². The van der Waals surface area contributed by atoms with Gasteiger partial charge in [0.2, 0.25) is 0 Å². The molecule has 0 saturated heterocycles. The molecule has 0 spiro atoms. The molecule has 1 aliphatic carbocycles. The fourth-order valence-electron chi connectivity index (χ4n) is 2.75. The average molecular weight is 258 g/mol. The van der Waals surface area contributed by atoms with E-state index >= 15 is 0 Å². The molecular formula is C15H18N2O2. The number of carbonyl (C=O) groups is 1. The number of ether oxygens (including phenoxy) is 1.